The molecule has 2 atom stereocenters. The van der Waals surface area contributed by atoms with E-state index in [1.165, 1.54) is 12.7 Å². The molecule has 0 radical (unpaired) electrons. The van der Waals surface area contributed by atoms with E-state index >= 15 is 0 Å². The molecule has 2 N–H and O–H groups in total. The van der Waals surface area contributed by atoms with Crippen molar-refractivity contribution in [3.05, 3.63) is 83.6 Å². The predicted octanol–water partition coefficient (Wildman–Crippen LogP) is 6.30. The molecule has 4 rings (SSSR count). The molecular weight excluding hydrogens is 566 g/mol. The molecule has 0 saturated carbocycles. The highest BCUT2D eigenvalue weighted by atomic mass is 32.2. The maximum absolute atomic E-state index is 13.2. The summed E-state index contributed by atoms with van der Waals surface area (Å²) in [6.45, 7) is 6.48. The maximum atomic E-state index is 13.2. The fourth-order valence-corrected chi connectivity index (χ4v) is 6.07. The number of carbonyl (C=O) groups is 2. The highest BCUT2D eigenvalue weighted by Gasteiger charge is 2.33. The number of rotatable bonds is 12. The summed E-state index contributed by atoms with van der Waals surface area (Å²) in [5, 5.41) is 3.94. The van der Waals surface area contributed by atoms with E-state index in [-0.39, 0.29) is 11.8 Å². The zero-order valence-corrected chi connectivity index (χ0v) is 26.2. The Bertz CT molecular complexity index is 1600. The van der Waals surface area contributed by atoms with Crippen LogP contribution in [0.4, 0.5) is 11.4 Å². The second kappa shape index (κ2) is 14.0. The Kier molecular flexibility index (Phi) is 10.4. The van der Waals surface area contributed by atoms with E-state index in [2.05, 4.69) is 30.4 Å². The van der Waals surface area contributed by atoms with Crippen LogP contribution in [0.2, 0.25) is 0 Å². The summed E-state index contributed by atoms with van der Waals surface area (Å²) in [6.07, 6.45) is 1.91. The molecule has 228 valence electrons. The van der Waals surface area contributed by atoms with Crippen LogP contribution >= 0.6 is 0 Å². The van der Waals surface area contributed by atoms with Crippen LogP contribution in [0.5, 0.6) is 0 Å². The Labute approximate surface area is 255 Å². The summed E-state index contributed by atoms with van der Waals surface area (Å²) in [6, 6.07) is 19.4. The van der Waals surface area contributed by atoms with E-state index in [0.717, 1.165) is 45.8 Å². The minimum Gasteiger partial charge on any atom is -0.467 e. The van der Waals surface area contributed by atoms with E-state index < -0.39 is 23.3 Å². The quantitative estimate of drug-likeness (QED) is 0.144. The molecule has 1 aromatic heterocycles. The summed E-state index contributed by atoms with van der Waals surface area (Å²) < 4.78 is 34.2. The fourth-order valence-electron chi connectivity index (χ4n) is 5.24. The molecule has 2 unspecified atom stereocenters. The molecule has 4 aromatic rings. The molecule has 0 aliphatic heterocycles. The number of esters is 1. The topological polar surface area (TPSA) is 112 Å². The van der Waals surface area contributed by atoms with Gasteiger partial charge in [0.2, 0.25) is 0 Å². The number of benzene rings is 3. The minimum absolute atomic E-state index is 0.260. The lowest BCUT2D eigenvalue weighted by atomic mass is 10.0. The highest BCUT2D eigenvalue weighted by molar-refractivity contribution is 7.80. The van der Waals surface area contributed by atoms with Crippen LogP contribution in [-0.2, 0) is 27.2 Å². The molecule has 10 heteroatoms. The number of methoxy groups -OCH3 is 1. The number of aryl methyl sites for hydroxylation is 2. The van der Waals surface area contributed by atoms with Gasteiger partial charge >= 0.3 is 5.97 Å². The maximum Gasteiger partial charge on any atom is 0.329 e. The van der Waals surface area contributed by atoms with Crippen molar-refractivity contribution >= 4 is 45.5 Å². The molecule has 3 aromatic carbocycles. The van der Waals surface area contributed by atoms with Gasteiger partial charge in [-0.1, -0.05) is 50.2 Å². The largest absolute Gasteiger partial charge is 0.467 e. The van der Waals surface area contributed by atoms with Crippen LogP contribution in [-0.4, -0.2) is 59.3 Å². The zero-order chi connectivity index (χ0) is 31.3. The first-order valence-corrected chi connectivity index (χ1v) is 15.2. The van der Waals surface area contributed by atoms with Crippen LogP contribution in [0.15, 0.2) is 71.1 Å². The first-order chi connectivity index (χ1) is 20.5. The van der Waals surface area contributed by atoms with Gasteiger partial charge in [-0.05, 0) is 93.3 Å². The molecule has 0 bridgehead atoms. The van der Waals surface area contributed by atoms with Crippen LogP contribution in [0.25, 0.3) is 22.1 Å². The summed E-state index contributed by atoms with van der Waals surface area (Å²) in [5.41, 5.74) is 5.49. The molecule has 43 heavy (non-hydrogen) atoms. The lowest BCUT2D eigenvalue weighted by Gasteiger charge is -2.30. The average molecular weight is 606 g/mol. The number of furan rings is 1. The van der Waals surface area contributed by atoms with Gasteiger partial charge in [-0.25, -0.2) is 9.00 Å². The zero-order valence-electron chi connectivity index (χ0n) is 25.4. The van der Waals surface area contributed by atoms with Gasteiger partial charge in [-0.15, -0.1) is 0 Å². The second-order valence-corrected chi connectivity index (χ2v) is 12.0. The molecule has 9 nitrogen and oxygen atoms in total. The van der Waals surface area contributed by atoms with Crippen LogP contribution < -0.4 is 9.62 Å². The van der Waals surface area contributed by atoms with E-state index in [1.54, 1.807) is 26.0 Å². The SMILES string of the molecule is COC(=O)C(C(C)C)N(c1ccc(-c2ccc(NC(=O)c3oc4cccc(CCCN(C)C)c4c3C)cc2)cc1)S(=O)O. The summed E-state index contributed by atoms with van der Waals surface area (Å²) >= 11 is -2.43. The third kappa shape index (κ3) is 7.33. The van der Waals surface area contributed by atoms with E-state index in [4.69, 9.17) is 9.15 Å². The van der Waals surface area contributed by atoms with Crippen molar-refractivity contribution < 1.29 is 27.5 Å². The van der Waals surface area contributed by atoms with Gasteiger partial charge in [0, 0.05) is 16.6 Å². The van der Waals surface area contributed by atoms with Crippen molar-refractivity contribution in [3.63, 3.8) is 0 Å². The van der Waals surface area contributed by atoms with E-state index in [1.807, 2.05) is 55.5 Å². The van der Waals surface area contributed by atoms with Gasteiger partial charge in [-0.2, -0.15) is 0 Å². The lowest BCUT2D eigenvalue weighted by molar-refractivity contribution is -0.142. The van der Waals surface area contributed by atoms with Gasteiger partial charge in [-0.3, -0.25) is 13.7 Å². The number of hydrogen-bond donors (Lipinski definition) is 2. The number of fused-ring (bicyclic) bond motifs is 1. The number of hydrogen-bond acceptors (Lipinski definition) is 6. The number of nitrogens with one attached hydrogen (secondary N) is 1. The normalized spacial score (nSPS) is 12.9. The van der Waals surface area contributed by atoms with Crippen LogP contribution in [0, 0.1) is 12.8 Å². The van der Waals surface area contributed by atoms with Gasteiger partial charge in [0.1, 0.15) is 11.6 Å². The number of nitrogens with zero attached hydrogens (tertiary/aromatic N) is 2. The third-order valence-electron chi connectivity index (χ3n) is 7.39. The van der Waals surface area contributed by atoms with Crippen molar-refractivity contribution in [2.45, 2.75) is 39.7 Å². The summed E-state index contributed by atoms with van der Waals surface area (Å²) in [4.78, 5) is 27.7. The lowest BCUT2D eigenvalue weighted by Crippen LogP contribution is -2.46. The van der Waals surface area contributed by atoms with Gasteiger partial charge in [0.05, 0.1) is 12.8 Å². The molecule has 1 heterocycles. The van der Waals surface area contributed by atoms with Crippen molar-refractivity contribution in [1.82, 2.24) is 4.90 Å². The Morgan fingerprint density at radius 1 is 1.00 bits per heavy atom. The standard InChI is InChI=1S/C33H39N3O6S/c1-21(2)30(33(38)41-6)36(43(39)40)27-18-14-24(15-19-27)23-12-16-26(17-13-23)34-32(37)31-22(3)29-25(10-8-20-35(4)5)9-7-11-28(29)42-31/h7,9,11-19,21,30H,8,10,20H2,1-6H3,(H,34,37)(H,39,40). The van der Waals surface area contributed by atoms with Gasteiger partial charge < -0.3 is 19.4 Å². The van der Waals surface area contributed by atoms with E-state index in [0.29, 0.717) is 22.7 Å². The highest BCUT2D eigenvalue weighted by Crippen LogP contribution is 2.31. The first kappa shape index (κ1) is 31.9. The summed E-state index contributed by atoms with van der Waals surface area (Å²) in [5.74, 6) is -0.860. The molecule has 0 spiro atoms. The monoisotopic (exact) mass is 605 g/mol. The molecule has 1 amide bonds. The Hall–Kier alpha value is -3.99. The van der Waals surface area contributed by atoms with Crippen LogP contribution in [0.1, 0.15) is 41.9 Å². The molecule has 0 aliphatic carbocycles. The smallest absolute Gasteiger partial charge is 0.329 e. The number of ether oxygens (including phenoxy) is 1. The third-order valence-corrected chi connectivity index (χ3v) is 8.17. The second-order valence-electron chi connectivity index (χ2n) is 11.1. The van der Waals surface area contributed by atoms with Crippen molar-refractivity contribution in [2.24, 2.45) is 5.92 Å². The summed E-state index contributed by atoms with van der Waals surface area (Å²) in [7, 11) is 5.37. The van der Waals surface area contributed by atoms with Crippen LogP contribution in [0.3, 0.4) is 0 Å². The van der Waals surface area contributed by atoms with E-state index in [9.17, 15) is 18.4 Å². The number of anilines is 2. The molecule has 0 aliphatic rings. The molecule has 0 fully saturated rings. The Balaban J connectivity index is 1.49. The first-order valence-electron chi connectivity index (χ1n) is 14.2. The molecule has 0 saturated heterocycles. The minimum atomic E-state index is -2.43. The molecular formula is C33H39N3O6S. The van der Waals surface area contributed by atoms with Crippen molar-refractivity contribution in [2.75, 3.05) is 37.4 Å². The number of amides is 1. The Morgan fingerprint density at radius 2 is 1.63 bits per heavy atom. The Morgan fingerprint density at radius 3 is 2.19 bits per heavy atom. The van der Waals surface area contributed by atoms with Gasteiger partial charge in [0.25, 0.3) is 17.2 Å². The van der Waals surface area contributed by atoms with Crippen molar-refractivity contribution in [1.29, 1.82) is 0 Å². The average Bonchev–Trinajstić information content (AvgIpc) is 3.32. The van der Waals surface area contributed by atoms with Crippen molar-refractivity contribution in [3.8, 4) is 11.1 Å². The predicted molar refractivity (Wildman–Crippen MR) is 172 cm³/mol. The fraction of sp³-hybridized carbons (Fsp3) is 0.333. The van der Waals surface area contributed by atoms with Gasteiger partial charge in [0.15, 0.2) is 5.76 Å². The number of carbonyl (C=O) groups excluding carboxylic acids is 2.